The second-order valence-electron chi connectivity index (χ2n) is 3.61. The van der Waals surface area contributed by atoms with E-state index in [0.717, 1.165) is 5.76 Å². The Bertz CT molecular complexity index is 445. The van der Waals surface area contributed by atoms with E-state index in [4.69, 9.17) is 14.7 Å². The number of hydrogen-bond donors (Lipinski definition) is 1. The number of rotatable bonds is 3. The molecule has 0 saturated heterocycles. The number of aromatic nitrogens is 2. The highest BCUT2D eigenvalue weighted by atomic mass is 16.5. The van der Waals surface area contributed by atoms with E-state index < -0.39 is 0 Å². The van der Waals surface area contributed by atoms with Crippen molar-refractivity contribution in [2.75, 3.05) is 0 Å². The lowest BCUT2D eigenvalue weighted by Crippen LogP contribution is -2.18. The molecule has 0 aliphatic heterocycles. The van der Waals surface area contributed by atoms with Gasteiger partial charge < -0.3 is 14.7 Å². The standard InChI is InChI=1S/C10H13N3O2/c1-6(11)5-9-12-10(15-13-9)8-4-3-7(2)14-8/h3-4,6H,5,11H2,1-2H3. The quantitative estimate of drug-likeness (QED) is 0.825. The van der Waals surface area contributed by atoms with Crippen molar-refractivity contribution in [3.05, 3.63) is 23.7 Å². The molecular weight excluding hydrogens is 194 g/mol. The van der Waals surface area contributed by atoms with Crippen molar-refractivity contribution in [1.82, 2.24) is 10.1 Å². The molecular formula is C10H13N3O2. The van der Waals surface area contributed by atoms with E-state index in [-0.39, 0.29) is 6.04 Å². The summed E-state index contributed by atoms with van der Waals surface area (Å²) in [6.07, 6.45) is 0.600. The van der Waals surface area contributed by atoms with Gasteiger partial charge in [-0.3, -0.25) is 0 Å². The summed E-state index contributed by atoms with van der Waals surface area (Å²) in [7, 11) is 0. The molecule has 80 valence electrons. The van der Waals surface area contributed by atoms with Crippen molar-refractivity contribution in [3.63, 3.8) is 0 Å². The topological polar surface area (TPSA) is 78.1 Å². The van der Waals surface area contributed by atoms with Gasteiger partial charge in [-0.25, -0.2) is 0 Å². The Labute approximate surface area is 87.3 Å². The molecule has 0 aliphatic rings. The average Bonchev–Trinajstić information content (AvgIpc) is 2.72. The third-order valence-corrected chi connectivity index (χ3v) is 1.92. The fourth-order valence-corrected chi connectivity index (χ4v) is 1.27. The minimum Gasteiger partial charge on any atom is -0.456 e. The third kappa shape index (κ3) is 2.24. The van der Waals surface area contributed by atoms with Crippen molar-refractivity contribution in [2.24, 2.45) is 5.73 Å². The Morgan fingerprint density at radius 3 is 2.87 bits per heavy atom. The molecule has 2 aromatic heterocycles. The van der Waals surface area contributed by atoms with Crippen LogP contribution in [-0.4, -0.2) is 16.2 Å². The lowest BCUT2D eigenvalue weighted by atomic mass is 10.2. The Hall–Kier alpha value is -1.62. The van der Waals surface area contributed by atoms with Gasteiger partial charge in [0.2, 0.25) is 0 Å². The minimum atomic E-state index is 0.0220. The molecule has 1 atom stereocenters. The average molecular weight is 207 g/mol. The monoisotopic (exact) mass is 207 g/mol. The van der Waals surface area contributed by atoms with Crippen LogP contribution >= 0.6 is 0 Å². The summed E-state index contributed by atoms with van der Waals surface area (Å²) in [5.41, 5.74) is 5.63. The molecule has 0 aromatic carbocycles. The van der Waals surface area contributed by atoms with E-state index in [2.05, 4.69) is 10.1 Å². The van der Waals surface area contributed by atoms with Crippen LogP contribution in [-0.2, 0) is 6.42 Å². The summed E-state index contributed by atoms with van der Waals surface area (Å²) in [5.74, 6) is 2.42. The van der Waals surface area contributed by atoms with Gasteiger partial charge in [0, 0.05) is 12.5 Å². The molecule has 5 nitrogen and oxygen atoms in total. The molecule has 2 rings (SSSR count). The molecule has 0 radical (unpaired) electrons. The third-order valence-electron chi connectivity index (χ3n) is 1.92. The summed E-state index contributed by atoms with van der Waals surface area (Å²) in [5, 5.41) is 3.82. The maximum atomic E-state index is 5.63. The second kappa shape index (κ2) is 3.86. The highest BCUT2D eigenvalue weighted by Crippen LogP contribution is 2.19. The molecule has 2 N–H and O–H groups in total. The zero-order valence-corrected chi connectivity index (χ0v) is 8.73. The lowest BCUT2D eigenvalue weighted by Gasteiger charge is -1.96. The fourth-order valence-electron chi connectivity index (χ4n) is 1.27. The highest BCUT2D eigenvalue weighted by Gasteiger charge is 2.12. The Morgan fingerprint density at radius 2 is 2.27 bits per heavy atom. The van der Waals surface area contributed by atoms with Crippen LogP contribution < -0.4 is 5.73 Å². The van der Waals surface area contributed by atoms with Crippen molar-refractivity contribution in [1.29, 1.82) is 0 Å². The first kappa shape index (κ1) is 9.92. The van der Waals surface area contributed by atoms with E-state index in [9.17, 15) is 0 Å². The molecule has 2 heterocycles. The van der Waals surface area contributed by atoms with Crippen LogP contribution in [0.5, 0.6) is 0 Å². The molecule has 15 heavy (non-hydrogen) atoms. The van der Waals surface area contributed by atoms with Crippen LogP contribution in [0.4, 0.5) is 0 Å². The van der Waals surface area contributed by atoms with E-state index in [1.54, 1.807) is 6.07 Å². The first-order valence-corrected chi connectivity index (χ1v) is 4.80. The zero-order valence-electron chi connectivity index (χ0n) is 8.73. The maximum absolute atomic E-state index is 5.63. The SMILES string of the molecule is Cc1ccc(-c2nc(CC(C)N)no2)o1. The summed E-state index contributed by atoms with van der Waals surface area (Å²) >= 11 is 0. The number of aryl methyl sites for hydroxylation is 1. The normalized spacial score (nSPS) is 13.0. The summed E-state index contributed by atoms with van der Waals surface area (Å²) < 4.78 is 10.4. The Morgan fingerprint density at radius 1 is 1.47 bits per heavy atom. The van der Waals surface area contributed by atoms with Gasteiger partial charge in [0.25, 0.3) is 5.89 Å². The molecule has 0 saturated carbocycles. The summed E-state index contributed by atoms with van der Waals surface area (Å²) in [4.78, 5) is 4.18. The Balaban J connectivity index is 2.20. The van der Waals surface area contributed by atoms with Gasteiger partial charge in [-0.2, -0.15) is 4.98 Å². The van der Waals surface area contributed by atoms with E-state index in [0.29, 0.717) is 23.9 Å². The van der Waals surface area contributed by atoms with Crippen LogP contribution in [0, 0.1) is 6.92 Å². The van der Waals surface area contributed by atoms with E-state index in [1.165, 1.54) is 0 Å². The van der Waals surface area contributed by atoms with E-state index in [1.807, 2.05) is 19.9 Å². The van der Waals surface area contributed by atoms with E-state index >= 15 is 0 Å². The highest BCUT2D eigenvalue weighted by molar-refractivity contribution is 5.43. The lowest BCUT2D eigenvalue weighted by molar-refractivity contribution is 0.405. The number of nitrogens with two attached hydrogens (primary N) is 1. The van der Waals surface area contributed by atoms with Crippen LogP contribution in [0.1, 0.15) is 18.5 Å². The van der Waals surface area contributed by atoms with Crippen LogP contribution in [0.15, 0.2) is 21.1 Å². The molecule has 0 aliphatic carbocycles. The largest absolute Gasteiger partial charge is 0.456 e. The van der Waals surface area contributed by atoms with Crippen molar-refractivity contribution in [3.8, 4) is 11.7 Å². The fraction of sp³-hybridized carbons (Fsp3) is 0.400. The first-order chi connectivity index (χ1) is 7.15. The first-order valence-electron chi connectivity index (χ1n) is 4.80. The van der Waals surface area contributed by atoms with Crippen molar-refractivity contribution in [2.45, 2.75) is 26.3 Å². The molecule has 0 spiro atoms. The van der Waals surface area contributed by atoms with Crippen LogP contribution in [0.25, 0.3) is 11.7 Å². The van der Waals surface area contributed by atoms with Crippen LogP contribution in [0.2, 0.25) is 0 Å². The molecule has 0 amide bonds. The predicted molar refractivity (Wildman–Crippen MR) is 54.1 cm³/mol. The maximum Gasteiger partial charge on any atom is 0.293 e. The molecule has 0 bridgehead atoms. The summed E-state index contributed by atoms with van der Waals surface area (Å²) in [6, 6.07) is 3.68. The molecule has 1 unspecified atom stereocenters. The molecule has 0 fully saturated rings. The van der Waals surface area contributed by atoms with Gasteiger partial charge in [-0.05, 0) is 26.0 Å². The van der Waals surface area contributed by atoms with Crippen LogP contribution in [0.3, 0.4) is 0 Å². The van der Waals surface area contributed by atoms with Gasteiger partial charge in [-0.1, -0.05) is 5.16 Å². The number of nitrogens with zero attached hydrogens (tertiary/aromatic N) is 2. The number of hydrogen-bond acceptors (Lipinski definition) is 5. The van der Waals surface area contributed by atoms with Gasteiger partial charge in [0.1, 0.15) is 5.76 Å². The zero-order chi connectivity index (χ0) is 10.8. The predicted octanol–water partition coefficient (Wildman–Crippen LogP) is 1.53. The smallest absolute Gasteiger partial charge is 0.293 e. The van der Waals surface area contributed by atoms with Gasteiger partial charge in [0.15, 0.2) is 11.6 Å². The Kier molecular flexibility index (Phi) is 2.55. The summed E-state index contributed by atoms with van der Waals surface area (Å²) in [6.45, 7) is 3.76. The van der Waals surface area contributed by atoms with Gasteiger partial charge in [0.05, 0.1) is 0 Å². The van der Waals surface area contributed by atoms with Crippen molar-refractivity contribution < 1.29 is 8.94 Å². The van der Waals surface area contributed by atoms with Gasteiger partial charge >= 0.3 is 0 Å². The number of furan rings is 1. The van der Waals surface area contributed by atoms with Gasteiger partial charge in [-0.15, -0.1) is 0 Å². The van der Waals surface area contributed by atoms with Crippen molar-refractivity contribution >= 4 is 0 Å². The molecule has 2 aromatic rings. The second-order valence-corrected chi connectivity index (χ2v) is 3.61. The minimum absolute atomic E-state index is 0.0220. The molecule has 5 heteroatoms.